The van der Waals surface area contributed by atoms with Gasteiger partial charge in [-0.3, -0.25) is 0 Å². The molecular formula is C30H36F6O. The van der Waals surface area contributed by atoms with E-state index >= 15 is 8.78 Å². The Hall–Kier alpha value is -2.18. The van der Waals surface area contributed by atoms with Gasteiger partial charge in [-0.2, -0.15) is 0 Å². The van der Waals surface area contributed by atoms with E-state index in [2.05, 4.69) is 11.7 Å². The molecule has 0 N–H and O–H groups in total. The van der Waals surface area contributed by atoms with Gasteiger partial charge in [0.2, 0.25) is 0 Å². The van der Waals surface area contributed by atoms with Crippen molar-refractivity contribution in [1.82, 2.24) is 0 Å². The van der Waals surface area contributed by atoms with E-state index in [-0.39, 0.29) is 11.5 Å². The summed E-state index contributed by atoms with van der Waals surface area (Å²) in [5.41, 5.74) is -0.0209. The van der Waals surface area contributed by atoms with Gasteiger partial charge in [0.15, 0.2) is 11.6 Å². The van der Waals surface area contributed by atoms with Crippen LogP contribution >= 0.6 is 0 Å². The normalized spacial score (nSPS) is 24.1. The number of hydrogen-bond acceptors (Lipinski definition) is 1. The molecule has 0 aromatic heterocycles. The van der Waals surface area contributed by atoms with Crippen LogP contribution in [0.4, 0.5) is 26.3 Å². The average Bonchev–Trinajstić information content (AvgIpc) is 2.84. The van der Waals surface area contributed by atoms with Gasteiger partial charge in [-0.25, -0.2) is 13.2 Å². The number of benzene rings is 2. The molecule has 0 radical (unpaired) electrons. The van der Waals surface area contributed by atoms with Crippen LogP contribution in [0.1, 0.15) is 95.5 Å². The number of hydrogen-bond donors (Lipinski definition) is 0. The van der Waals surface area contributed by atoms with Gasteiger partial charge in [0.25, 0.3) is 0 Å². The van der Waals surface area contributed by atoms with Gasteiger partial charge in [0.1, 0.15) is 11.6 Å². The van der Waals surface area contributed by atoms with Crippen molar-refractivity contribution in [2.75, 3.05) is 0 Å². The van der Waals surface area contributed by atoms with Crippen LogP contribution in [0.2, 0.25) is 0 Å². The van der Waals surface area contributed by atoms with Gasteiger partial charge in [-0.1, -0.05) is 57.9 Å². The quantitative estimate of drug-likeness (QED) is 0.233. The molecule has 0 bridgehead atoms. The van der Waals surface area contributed by atoms with Gasteiger partial charge < -0.3 is 4.74 Å². The summed E-state index contributed by atoms with van der Waals surface area (Å²) in [6.45, 7) is 2.23. The minimum atomic E-state index is -5.06. The zero-order valence-electron chi connectivity index (χ0n) is 21.4. The lowest BCUT2D eigenvalue weighted by atomic mass is 9.63. The van der Waals surface area contributed by atoms with Crippen molar-refractivity contribution in [2.45, 2.75) is 96.3 Å². The molecule has 2 aromatic rings. The van der Waals surface area contributed by atoms with Gasteiger partial charge in [-0.05, 0) is 91.2 Å². The lowest BCUT2D eigenvalue weighted by molar-refractivity contribution is -0.275. The van der Waals surface area contributed by atoms with E-state index in [9.17, 15) is 17.6 Å². The Morgan fingerprint density at radius 1 is 0.784 bits per heavy atom. The molecule has 1 nitrogen and oxygen atoms in total. The summed E-state index contributed by atoms with van der Waals surface area (Å²) in [4.78, 5) is 0. The van der Waals surface area contributed by atoms with E-state index < -0.39 is 35.1 Å². The van der Waals surface area contributed by atoms with Crippen LogP contribution in [0.15, 0.2) is 30.3 Å². The molecule has 2 saturated carbocycles. The molecule has 2 aliphatic rings. The summed E-state index contributed by atoms with van der Waals surface area (Å²) in [6, 6.07) is 5.04. The topological polar surface area (TPSA) is 9.23 Å². The number of ether oxygens (including phenoxy) is 1. The fourth-order valence-corrected chi connectivity index (χ4v) is 6.56. The van der Waals surface area contributed by atoms with E-state index in [1.165, 1.54) is 69.9 Å². The van der Waals surface area contributed by atoms with Gasteiger partial charge in [0.05, 0.1) is 5.56 Å². The maximum absolute atomic E-state index is 15.1. The maximum atomic E-state index is 15.1. The third-order valence-electron chi connectivity index (χ3n) is 8.42. The Morgan fingerprint density at radius 3 is 2.14 bits per heavy atom. The van der Waals surface area contributed by atoms with Crippen molar-refractivity contribution in [3.63, 3.8) is 0 Å². The first kappa shape index (κ1) is 27.8. The fourth-order valence-electron chi connectivity index (χ4n) is 6.56. The highest BCUT2D eigenvalue weighted by molar-refractivity contribution is 5.66. The highest BCUT2D eigenvalue weighted by Gasteiger charge is 2.36. The van der Waals surface area contributed by atoms with Crippen molar-refractivity contribution in [3.8, 4) is 16.9 Å². The molecule has 37 heavy (non-hydrogen) atoms. The molecule has 0 aliphatic heterocycles. The lowest BCUT2D eigenvalue weighted by Crippen LogP contribution is -2.30. The van der Waals surface area contributed by atoms with Crippen molar-refractivity contribution < 1.29 is 31.1 Å². The molecule has 0 spiro atoms. The summed E-state index contributed by atoms with van der Waals surface area (Å²) in [6.07, 6.45) is 9.37. The Bertz CT molecular complexity index is 1030. The summed E-state index contributed by atoms with van der Waals surface area (Å²) in [5, 5.41) is 0. The standard InChI is InChI=1S/C30H36F6O/c1-2-3-4-5-6-7-19-8-9-21-15-22(11-10-20(21)14-19)24-17-26(32)29(27(33)18-24)23-12-13-28(25(31)16-23)37-30(34,35)36/h12-13,16-22H,2-11,14-15H2,1H3/t19?,20-,21-,22-/m1/s1. The molecule has 2 aliphatic carbocycles. The van der Waals surface area contributed by atoms with Crippen molar-refractivity contribution in [1.29, 1.82) is 0 Å². The zero-order chi connectivity index (χ0) is 26.6. The van der Waals surface area contributed by atoms with Crippen molar-refractivity contribution >= 4 is 0 Å². The van der Waals surface area contributed by atoms with Crippen LogP contribution in [0, 0.1) is 35.2 Å². The molecule has 0 amide bonds. The summed E-state index contributed by atoms with van der Waals surface area (Å²) >= 11 is 0. The van der Waals surface area contributed by atoms with Crippen LogP contribution in [0.25, 0.3) is 11.1 Å². The predicted octanol–water partition coefficient (Wildman–Crippen LogP) is 10.3. The molecule has 0 saturated heterocycles. The van der Waals surface area contributed by atoms with E-state index in [0.717, 1.165) is 37.3 Å². The third kappa shape index (κ3) is 7.23. The minimum absolute atomic E-state index is 0.0733. The van der Waals surface area contributed by atoms with Crippen molar-refractivity contribution in [2.24, 2.45) is 17.8 Å². The van der Waals surface area contributed by atoms with E-state index in [0.29, 0.717) is 23.5 Å². The lowest BCUT2D eigenvalue weighted by Gasteiger charge is -2.42. The Morgan fingerprint density at radius 2 is 1.46 bits per heavy atom. The average molecular weight is 527 g/mol. The smallest absolute Gasteiger partial charge is 0.403 e. The van der Waals surface area contributed by atoms with Gasteiger partial charge in [-0.15, -0.1) is 13.2 Å². The molecular weight excluding hydrogens is 490 g/mol. The number of alkyl halides is 3. The highest BCUT2D eigenvalue weighted by atomic mass is 19.4. The number of rotatable bonds is 9. The monoisotopic (exact) mass is 526 g/mol. The van der Waals surface area contributed by atoms with E-state index in [1.54, 1.807) is 0 Å². The van der Waals surface area contributed by atoms with Gasteiger partial charge in [0, 0.05) is 0 Å². The second kappa shape index (κ2) is 12.1. The molecule has 4 atom stereocenters. The molecule has 2 fully saturated rings. The third-order valence-corrected chi connectivity index (χ3v) is 8.42. The summed E-state index contributed by atoms with van der Waals surface area (Å²) < 4.78 is 85.0. The number of unbranched alkanes of at least 4 members (excludes halogenated alkanes) is 4. The Balaban J connectivity index is 1.39. The van der Waals surface area contributed by atoms with Crippen molar-refractivity contribution in [3.05, 3.63) is 53.3 Å². The summed E-state index contributed by atoms with van der Waals surface area (Å²) in [5.74, 6) is -1.91. The fraction of sp³-hybridized carbons (Fsp3) is 0.600. The maximum Gasteiger partial charge on any atom is 0.573 e. The van der Waals surface area contributed by atoms with Crippen LogP contribution in [0.5, 0.6) is 5.75 Å². The Labute approximate surface area is 215 Å². The summed E-state index contributed by atoms with van der Waals surface area (Å²) in [7, 11) is 0. The van der Waals surface area contributed by atoms with Crippen LogP contribution < -0.4 is 4.74 Å². The molecule has 1 unspecified atom stereocenters. The molecule has 2 aromatic carbocycles. The molecule has 4 rings (SSSR count). The van der Waals surface area contributed by atoms with Crippen LogP contribution in [-0.2, 0) is 0 Å². The van der Waals surface area contributed by atoms with Gasteiger partial charge >= 0.3 is 6.36 Å². The molecule has 0 heterocycles. The SMILES string of the molecule is CCCCCCCC1CC[C@@H]2C[C@H](c3cc(F)c(-c4ccc(OC(F)(F)F)c(F)c4)c(F)c3)CC[C@@H]2C1. The second-order valence-electron chi connectivity index (χ2n) is 11.0. The highest BCUT2D eigenvalue weighted by Crippen LogP contribution is 2.49. The first-order valence-electron chi connectivity index (χ1n) is 13.7. The first-order chi connectivity index (χ1) is 17.6. The Kier molecular flexibility index (Phi) is 9.12. The number of halogens is 6. The second-order valence-corrected chi connectivity index (χ2v) is 11.0. The molecule has 204 valence electrons. The van der Waals surface area contributed by atoms with E-state index in [1.807, 2.05) is 0 Å². The largest absolute Gasteiger partial charge is 0.573 e. The van der Waals surface area contributed by atoms with E-state index in [4.69, 9.17) is 0 Å². The van der Waals surface area contributed by atoms with Crippen LogP contribution in [-0.4, -0.2) is 6.36 Å². The first-order valence-corrected chi connectivity index (χ1v) is 13.7. The number of fused-ring (bicyclic) bond motifs is 1. The predicted molar refractivity (Wildman–Crippen MR) is 133 cm³/mol. The minimum Gasteiger partial charge on any atom is -0.403 e. The molecule has 7 heteroatoms. The zero-order valence-corrected chi connectivity index (χ0v) is 21.4. The van der Waals surface area contributed by atoms with Crippen LogP contribution in [0.3, 0.4) is 0 Å².